The number of likely N-dealkylation sites (N-methyl/N-ethyl adjacent to an activating group) is 1. The van der Waals surface area contributed by atoms with Gasteiger partial charge in [0, 0.05) is 51.9 Å². The lowest BCUT2D eigenvalue weighted by Crippen LogP contribution is -2.56. The number of methoxy groups -OCH3 is 2. The molecule has 6 amide bonds. The first-order valence-corrected chi connectivity index (χ1v) is 21.6. The third kappa shape index (κ3) is 11.7. The average molecular weight is 857 g/mol. The first-order chi connectivity index (χ1) is 29.3. The number of carbonyl (C=O) groups excluding carboxylic acids is 7. The number of aromatic nitrogens is 3. The third-order valence-corrected chi connectivity index (χ3v) is 12.8. The highest BCUT2D eigenvalue weighted by Crippen LogP contribution is 2.43. The fourth-order valence-electron chi connectivity index (χ4n) is 9.40. The van der Waals surface area contributed by atoms with Crippen molar-refractivity contribution in [3.05, 3.63) is 24.0 Å². The van der Waals surface area contributed by atoms with Gasteiger partial charge in [-0.25, -0.2) is 4.68 Å². The molecule has 0 spiro atoms. The Hall–Kier alpha value is -4.59. The zero-order chi connectivity index (χ0) is 44.2. The number of carbonyl (C=O) groups is 7. The second-order valence-corrected chi connectivity index (χ2v) is 16.6. The van der Waals surface area contributed by atoms with Crippen LogP contribution in [-0.4, -0.2) is 173 Å². The maximum absolute atomic E-state index is 13.8. The monoisotopic (exact) mass is 856 g/mol. The largest absolute Gasteiger partial charge is 0.379 e. The summed E-state index contributed by atoms with van der Waals surface area (Å²) < 4.78 is 24.4. The smallest absolute Gasteiger partial charge is 0.253 e. The van der Waals surface area contributed by atoms with Crippen LogP contribution in [-0.2, 0) is 65.6 Å². The number of fused-ring (bicyclic) bond motifs is 2. The molecule has 338 valence electrons. The second kappa shape index (κ2) is 22.5. The summed E-state index contributed by atoms with van der Waals surface area (Å²) in [6.45, 7) is 7.57. The van der Waals surface area contributed by atoms with E-state index < -0.39 is 24.3 Å². The minimum Gasteiger partial charge on any atom is -0.379 e. The van der Waals surface area contributed by atoms with Crippen LogP contribution in [0, 0.1) is 17.8 Å². The van der Waals surface area contributed by atoms with Gasteiger partial charge in [-0.05, 0) is 43.9 Å². The number of ether oxygens (including phenoxy) is 4. The quantitative estimate of drug-likeness (QED) is 0.0818. The van der Waals surface area contributed by atoms with E-state index in [1.807, 2.05) is 13.8 Å². The SMILES string of the molecule is CCC(C)C(C(CC(=O)N1CCCC1C(OC)C(C)C=O)OC)N(C)C(=O)CNC(=O)C1C2CCC(C2)N1C(=O)CCOCCOCCn1cc(CN2C(=O)C=CC2=O)nn1. The Labute approximate surface area is 357 Å². The number of hydrogen-bond donors (Lipinski definition) is 1. The van der Waals surface area contributed by atoms with E-state index in [9.17, 15) is 33.6 Å². The number of likely N-dealkylation sites (tertiary alicyclic amines) is 2. The molecule has 0 radical (unpaired) electrons. The highest BCUT2D eigenvalue weighted by atomic mass is 16.5. The van der Waals surface area contributed by atoms with Crippen molar-refractivity contribution in [2.24, 2.45) is 17.8 Å². The minimum absolute atomic E-state index is 0.0118. The third-order valence-electron chi connectivity index (χ3n) is 12.8. The summed E-state index contributed by atoms with van der Waals surface area (Å²) in [4.78, 5) is 96.0. The number of aldehydes is 1. The summed E-state index contributed by atoms with van der Waals surface area (Å²) in [7, 11) is 4.76. The number of amides is 6. The van der Waals surface area contributed by atoms with E-state index in [1.54, 1.807) is 46.7 Å². The Morgan fingerprint density at radius 1 is 0.984 bits per heavy atom. The zero-order valence-corrected chi connectivity index (χ0v) is 36.4. The van der Waals surface area contributed by atoms with Crippen LogP contribution in [0.2, 0.25) is 0 Å². The van der Waals surface area contributed by atoms with Crippen molar-refractivity contribution in [1.29, 1.82) is 0 Å². The van der Waals surface area contributed by atoms with Crippen LogP contribution in [0.5, 0.6) is 0 Å². The Balaban J connectivity index is 1.05. The molecule has 19 nitrogen and oxygen atoms in total. The molecule has 5 rings (SSSR count). The van der Waals surface area contributed by atoms with Crippen LogP contribution >= 0.6 is 0 Å². The lowest BCUT2D eigenvalue weighted by molar-refractivity contribution is -0.146. The van der Waals surface area contributed by atoms with E-state index in [1.165, 1.54) is 19.3 Å². The molecule has 3 aliphatic heterocycles. The fraction of sp³-hybridized carbons (Fsp3) is 0.738. The van der Waals surface area contributed by atoms with Crippen molar-refractivity contribution in [3.8, 4) is 0 Å². The topological polar surface area (TPSA) is 212 Å². The summed E-state index contributed by atoms with van der Waals surface area (Å²) >= 11 is 0. The summed E-state index contributed by atoms with van der Waals surface area (Å²) in [6.07, 6.45) is 8.68. The van der Waals surface area contributed by atoms with E-state index in [0.29, 0.717) is 25.4 Å². The van der Waals surface area contributed by atoms with Crippen LogP contribution in [0.3, 0.4) is 0 Å². The van der Waals surface area contributed by atoms with Gasteiger partial charge in [0.2, 0.25) is 23.6 Å². The molecule has 1 saturated carbocycles. The van der Waals surface area contributed by atoms with Crippen molar-refractivity contribution >= 4 is 41.7 Å². The number of piperidine rings is 1. The lowest BCUT2D eigenvalue weighted by Gasteiger charge is -2.39. The van der Waals surface area contributed by atoms with Gasteiger partial charge >= 0.3 is 0 Å². The molecular weight excluding hydrogens is 793 g/mol. The maximum Gasteiger partial charge on any atom is 0.253 e. The van der Waals surface area contributed by atoms with Crippen molar-refractivity contribution in [2.75, 3.05) is 60.8 Å². The molecule has 1 aromatic heterocycles. The fourth-order valence-corrected chi connectivity index (χ4v) is 9.40. The molecule has 3 fully saturated rings. The second-order valence-electron chi connectivity index (χ2n) is 16.6. The van der Waals surface area contributed by atoms with Gasteiger partial charge in [-0.15, -0.1) is 5.10 Å². The van der Waals surface area contributed by atoms with Gasteiger partial charge in [0.25, 0.3) is 11.8 Å². The summed E-state index contributed by atoms with van der Waals surface area (Å²) in [5.41, 5.74) is 0.482. The first-order valence-electron chi connectivity index (χ1n) is 21.6. The van der Waals surface area contributed by atoms with Crippen molar-refractivity contribution < 1.29 is 52.5 Å². The van der Waals surface area contributed by atoms with E-state index in [2.05, 4.69) is 15.6 Å². The number of nitrogens with zero attached hydrogens (tertiary/aromatic N) is 7. The molecule has 4 heterocycles. The average Bonchev–Trinajstić information content (AvgIpc) is 4.12. The molecular formula is C42H64N8O11. The Bertz CT molecular complexity index is 1720. The molecule has 0 aromatic carbocycles. The Kier molecular flexibility index (Phi) is 17.5. The molecule has 1 aliphatic carbocycles. The van der Waals surface area contributed by atoms with E-state index in [-0.39, 0.29) is 111 Å². The van der Waals surface area contributed by atoms with E-state index >= 15 is 0 Å². The van der Waals surface area contributed by atoms with Gasteiger partial charge in [0.05, 0.1) is 89.4 Å². The highest BCUT2D eigenvalue weighted by molar-refractivity contribution is 6.12. The van der Waals surface area contributed by atoms with Crippen LogP contribution in [0.4, 0.5) is 0 Å². The van der Waals surface area contributed by atoms with E-state index in [0.717, 1.165) is 49.7 Å². The molecule has 2 bridgehead atoms. The number of hydrogen-bond acceptors (Lipinski definition) is 13. The molecule has 4 aliphatic rings. The van der Waals surface area contributed by atoms with Crippen LogP contribution in [0.1, 0.15) is 77.8 Å². The number of imide groups is 1. The molecule has 9 unspecified atom stereocenters. The molecule has 2 saturated heterocycles. The molecule has 9 atom stereocenters. The molecule has 19 heteroatoms. The Morgan fingerprint density at radius 2 is 1.70 bits per heavy atom. The highest BCUT2D eigenvalue weighted by Gasteiger charge is 2.51. The van der Waals surface area contributed by atoms with Gasteiger partial charge in [-0.2, -0.15) is 0 Å². The first kappa shape index (κ1) is 47.5. The summed E-state index contributed by atoms with van der Waals surface area (Å²) in [6, 6.07) is -1.40. The van der Waals surface area contributed by atoms with Crippen LogP contribution in [0.15, 0.2) is 18.3 Å². The minimum atomic E-state index is -0.668. The summed E-state index contributed by atoms with van der Waals surface area (Å²) in [5.74, 6) is -2.16. The van der Waals surface area contributed by atoms with Gasteiger partial charge in [0.15, 0.2) is 0 Å². The van der Waals surface area contributed by atoms with Gasteiger partial charge < -0.3 is 43.8 Å². The van der Waals surface area contributed by atoms with Crippen molar-refractivity contribution in [2.45, 2.75) is 122 Å². The van der Waals surface area contributed by atoms with Crippen LogP contribution < -0.4 is 5.32 Å². The van der Waals surface area contributed by atoms with Crippen molar-refractivity contribution in [3.63, 3.8) is 0 Å². The number of nitrogens with one attached hydrogen (secondary N) is 1. The van der Waals surface area contributed by atoms with Crippen molar-refractivity contribution in [1.82, 2.24) is 39.9 Å². The normalized spacial score (nSPS) is 23.3. The predicted molar refractivity (Wildman–Crippen MR) is 218 cm³/mol. The molecule has 61 heavy (non-hydrogen) atoms. The van der Waals surface area contributed by atoms with Gasteiger partial charge in [-0.1, -0.05) is 32.4 Å². The van der Waals surface area contributed by atoms with Gasteiger partial charge in [0.1, 0.15) is 18.0 Å². The standard InChI is InChI=1S/C42H64N8O11/c1-7-27(2)39(33(58-5)22-37(55)48-15-8-9-32(48)41(59-6)28(3)26-51)46(4)38(56)23-43-42(57)40-29-10-11-31(21-29)50(40)36(54)14-17-60-19-20-61-18-16-47-24-30(44-45-47)25-49-34(52)12-13-35(49)53/h12-13,24,26-29,31-33,39-41H,7-11,14-23,25H2,1-6H3,(H,43,57). The van der Waals surface area contributed by atoms with Crippen LogP contribution in [0.25, 0.3) is 0 Å². The predicted octanol–water partition coefficient (Wildman–Crippen LogP) is 0.741. The summed E-state index contributed by atoms with van der Waals surface area (Å²) in [5, 5.41) is 10.8. The number of rotatable bonds is 25. The maximum atomic E-state index is 13.8. The molecule has 1 N–H and O–H groups in total. The lowest BCUT2D eigenvalue weighted by atomic mass is 9.90. The van der Waals surface area contributed by atoms with E-state index in [4.69, 9.17) is 18.9 Å². The van der Waals surface area contributed by atoms with Gasteiger partial charge in [-0.3, -0.25) is 33.7 Å². The molecule has 1 aromatic rings. The Morgan fingerprint density at radius 3 is 2.38 bits per heavy atom. The zero-order valence-electron chi connectivity index (χ0n) is 36.4.